The molecule has 0 atom stereocenters. The minimum absolute atomic E-state index is 0.0762. The lowest BCUT2D eigenvalue weighted by Gasteiger charge is -2.08. The number of nitrogens with zero attached hydrogens (tertiary/aromatic N) is 2. The second kappa shape index (κ2) is 5.22. The van der Waals surface area contributed by atoms with Gasteiger partial charge < -0.3 is 0 Å². The summed E-state index contributed by atoms with van der Waals surface area (Å²) in [6, 6.07) is 6.56. The summed E-state index contributed by atoms with van der Waals surface area (Å²) in [6.07, 6.45) is 1.17. The number of pyridine rings is 1. The van der Waals surface area contributed by atoms with Crippen molar-refractivity contribution in [2.75, 3.05) is 4.72 Å². The number of rotatable bonds is 3. The zero-order valence-corrected chi connectivity index (χ0v) is 10.7. The largest absolute Gasteiger partial charge is 0.265 e. The number of hydrogen-bond donors (Lipinski definition) is 1. The lowest BCUT2D eigenvalue weighted by molar-refractivity contribution is 0.551. The van der Waals surface area contributed by atoms with Gasteiger partial charge in [-0.15, -0.1) is 0 Å². The molecule has 1 aromatic heterocycles. The van der Waals surface area contributed by atoms with Crippen LogP contribution in [0.2, 0.25) is 0 Å². The normalized spacial score (nSPS) is 10.8. The SMILES string of the molecule is N#Cc1ccc(NS(=O)(=O)c2ccc(F)cc2F)nc1. The zero-order chi connectivity index (χ0) is 14.8. The van der Waals surface area contributed by atoms with Crippen molar-refractivity contribution in [3.8, 4) is 6.07 Å². The highest BCUT2D eigenvalue weighted by Crippen LogP contribution is 2.18. The van der Waals surface area contributed by atoms with E-state index in [1.54, 1.807) is 0 Å². The Morgan fingerprint density at radius 1 is 1.20 bits per heavy atom. The molecule has 1 N–H and O–H groups in total. The maximum absolute atomic E-state index is 13.4. The van der Waals surface area contributed by atoms with Gasteiger partial charge in [-0.3, -0.25) is 4.72 Å². The Bertz CT molecular complexity index is 783. The fourth-order valence-electron chi connectivity index (χ4n) is 1.41. The molecule has 0 unspecified atom stereocenters. The van der Waals surface area contributed by atoms with Crippen LogP contribution in [0.4, 0.5) is 14.6 Å². The molecule has 0 bridgehead atoms. The summed E-state index contributed by atoms with van der Waals surface area (Å²) in [7, 11) is -4.22. The highest BCUT2D eigenvalue weighted by atomic mass is 32.2. The molecule has 102 valence electrons. The molecular formula is C12H7F2N3O2S. The van der Waals surface area contributed by atoms with Crippen LogP contribution in [0, 0.1) is 23.0 Å². The molecule has 2 aromatic rings. The van der Waals surface area contributed by atoms with Crippen molar-refractivity contribution >= 4 is 15.8 Å². The molecule has 1 heterocycles. The van der Waals surface area contributed by atoms with E-state index in [0.29, 0.717) is 6.07 Å². The Kier molecular flexibility index (Phi) is 3.63. The second-order valence-corrected chi connectivity index (χ2v) is 5.37. The van der Waals surface area contributed by atoms with Gasteiger partial charge in [-0.2, -0.15) is 5.26 Å². The summed E-state index contributed by atoms with van der Waals surface area (Å²) in [5.74, 6) is -2.16. The Morgan fingerprint density at radius 3 is 2.50 bits per heavy atom. The number of anilines is 1. The van der Waals surface area contributed by atoms with E-state index in [0.717, 1.165) is 12.1 Å². The topological polar surface area (TPSA) is 82.9 Å². The van der Waals surface area contributed by atoms with Crippen molar-refractivity contribution in [2.24, 2.45) is 0 Å². The fourth-order valence-corrected chi connectivity index (χ4v) is 2.48. The van der Waals surface area contributed by atoms with Gasteiger partial charge in [-0.05, 0) is 24.3 Å². The molecule has 1 aromatic carbocycles. The summed E-state index contributed by atoms with van der Waals surface area (Å²) in [4.78, 5) is 3.01. The Morgan fingerprint density at radius 2 is 1.95 bits per heavy atom. The van der Waals surface area contributed by atoms with Crippen LogP contribution in [-0.4, -0.2) is 13.4 Å². The first kappa shape index (κ1) is 13.9. The number of halogens is 2. The van der Waals surface area contributed by atoms with Crippen LogP contribution in [0.3, 0.4) is 0 Å². The first-order valence-electron chi connectivity index (χ1n) is 5.26. The van der Waals surface area contributed by atoms with Gasteiger partial charge in [-0.1, -0.05) is 0 Å². The number of hydrogen-bond acceptors (Lipinski definition) is 4. The Hall–Kier alpha value is -2.53. The third-order valence-corrected chi connectivity index (χ3v) is 3.70. The number of nitrogens with one attached hydrogen (secondary N) is 1. The lowest BCUT2D eigenvalue weighted by Crippen LogP contribution is -2.15. The van der Waals surface area contributed by atoms with E-state index in [-0.39, 0.29) is 11.4 Å². The van der Waals surface area contributed by atoms with Crippen molar-refractivity contribution < 1.29 is 17.2 Å². The van der Waals surface area contributed by atoms with Gasteiger partial charge in [0.2, 0.25) is 0 Å². The molecule has 0 saturated carbocycles. The molecule has 0 aliphatic carbocycles. The van der Waals surface area contributed by atoms with Crippen molar-refractivity contribution in [2.45, 2.75) is 4.90 Å². The van der Waals surface area contributed by atoms with Gasteiger partial charge in [0.25, 0.3) is 10.0 Å². The number of benzene rings is 1. The maximum atomic E-state index is 13.4. The summed E-state index contributed by atoms with van der Waals surface area (Å²) >= 11 is 0. The maximum Gasteiger partial charge on any atom is 0.265 e. The summed E-state index contributed by atoms with van der Waals surface area (Å²) in [6.45, 7) is 0. The Balaban J connectivity index is 2.33. The minimum Gasteiger partial charge on any atom is -0.263 e. The van der Waals surface area contributed by atoms with Gasteiger partial charge in [0.1, 0.15) is 28.4 Å². The van der Waals surface area contributed by atoms with Crippen LogP contribution < -0.4 is 4.72 Å². The van der Waals surface area contributed by atoms with Gasteiger partial charge in [0.15, 0.2) is 0 Å². The van der Waals surface area contributed by atoms with Gasteiger partial charge in [0.05, 0.1) is 5.56 Å². The number of nitriles is 1. The van der Waals surface area contributed by atoms with E-state index in [9.17, 15) is 17.2 Å². The number of sulfonamides is 1. The molecule has 8 heteroatoms. The summed E-state index contributed by atoms with van der Waals surface area (Å²) in [5, 5.41) is 8.59. The average Bonchev–Trinajstić information content (AvgIpc) is 2.38. The van der Waals surface area contributed by atoms with Gasteiger partial charge >= 0.3 is 0 Å². The van der Waals surface area contributed by atoms with E-state index in [4.69, 9.17) is 5.26 Å². The van der Waals surface area contributed by atoms with Crippen LogP contribution >= 0.6 is 0 Å². The van der Waals surface area contributed by atoms with Gasteiger partial charge in [0, 0.05) is 12.3 Å². The molecule has 0 aliphatic heterocycles. The monoisotopic (exact) mass is 295 g/mol. The smallest absolute Gasteiger partial charge is 0.263 e. The first-order valence-corrected chi connectivity index (χ1v) is 6.75. The fraction of sp³-hybridized carbons (Fsp3) is 0. The predicted molar refractivity (Wildman–Crippen MR) is 66.1 cm³/mol. The molecule has 5 nitrogen and oxygen atoms in total. The Labute approximate surface area is 113 Å². The molecule has 20 heavy (non-hydrogen) atoms. The predicted octanol–water partition coefficient (Wildman–Crippen LogP) is 2.03. The van der Waals surface area contributed by atoms with Gasteiger partial charge in [-0.25, -0.2) is 22.2 Å². The standard InChI is InChI=1S/C12H7F2N3O2S/c13-9-2-3-11(10(14)5-9)20(18,19)17-12-4-1-8(6-15)7-16-12/h1-5,7H,(H,16,17). The molecule has 0 amide bonds. The van der Waals surface area contributed by atoms with E-state index in [2.05, 4.69) is 4.98 Å². The van der Waals surface area contributed by atoms with Crippen LogP contribution in [0.25, 0.3) is 0 Å². The highest BCUT2D eigenvalue weighted by Gasteiger charge is 2.20. The van der Waals surface area contributed by atoms with Crippen molar-refractivity contribution in [1.29, 1.82) is 5.26 Å². The minimum atomic E-state index is -4.22. The summed E-state index contributed by atoms with van der Waals surface area (Å²) < 4.78 is 52.0. The summed E-state index contributed by atoms with van der Waals surface area (Å²) in [5.41, 5.74) is 0.251. The molecule has 2 rings (SSSR count). The van der Waals surface area contributed by atoms with Crippen molar-refractivity contribution in [1.82, 2.24) is 4.98 Å². The van der Waals surface area contributed by atoms with Crippen molar-refractivity contribution in [3.05, 3.63) is 53.7 Å². The zero-order valence-electron chi connectivity index (χ0n) is 9.84. The van der Waals surface area contributed by atoms with E-state index in [1.807, 2.05) is 10.8 Å². The molecule has 0 spiro atoms. The van der Waals surface area contributed by atoms with E-state index >= 15 is 0 Å². The van der Waals surface area contributed by atoms with Crippen LogP contribution in [-0.2, 0) is 10.0 Å². The average molecular weight is 295 g/mol. The quantitative estimate of drug-likeness (QED) is 0.939. The molecule has 0 aliphatic rings. The van der Waals surface area contributed by atoms with Crippen LogP contribution in [0.1, 0.15) is 5.56 Å². The van der Waals surface area contributed by atoms with Crippen LogP contribution in [0.5, 0.6) is 0 Å². The van der Waals surface area contributed by atoms with Crippen LogP contribution in [0.15, 0.2) is 41.4 Å². The molecule has 0 radical (unpaired) electrons. The molecule has 0 fully saturated rings. The number of aromatic nitrogens is 1. The second-order valence-electron chi connectivity index (χ2n) is 3.72. The third kappa shape index (κ3) is 2.89. The molecule has 0 saturated heterocycles. The molecular weight excluding hydrogens is 288 g/mol. The van der Waals surface area contributed by atoms with E-state index in [1.165, 1.54) is 18.3 Å². The van der Waals surface area contributed by atoms with Crippen molar-refractivity contribution in [3.63, 3.8) is 0 Å². The van der Waals surface area contributed by atoms with E-state index < -0.39 is 26.6 Å². The third-order valence-electron chi connectivity index (χ3n) is 2.31. The first-order chi connectivity index (χ1) is 9.42. The highest BCUT2D eigenvalue weighted by molar-refractivity contribution is 7.92. The lowest BCUT2D eigenvalue weighted by atomic mass is 10.3.